The van der Waals surface area contributed by atoms with Crippen molar-refractivity contribution in [2.45, 2.75) is 38.8 Å². The van der Waals surface area contributed by atoms with Crippen molar-refractivity contribution < 1.29 is 9.15 Å². The first-order valence-electron chi connectivity index (χ1n) is 7.68. The predicted octanol–water partition coefficient (Wildman–Crippen LogP) is 2.46. The van der Waals surface area contributed by atoms with Gasteiger partial charge in [0.2, 0.25) is 0 Å². The van der Waals surface area contributed by atoms with E-state index in [0.717, 1.165) is 44.1 Å². The minimum absolute atomic E-state index is 0.484. The average Bonchev–Trinajstić information content (AvgIpc) is 3.16. The first-order valence-corrected chi connectivity index (χ1v) is 7.68. The Labute approximate surface area is 126 Å². The molecule has 0 spiro atoms. The summed E-state index contributed by atoms with van der Waals surface area (Å²) in [6, 6.07) is 4.27. The summed E-state index contributed by atoms with van der Waals surface area (Å²) in [6.45, 7) is 4.93. The normalized spacial score (nSPS) is 15.6. The summed E-state index contributed by atoms with van der Waals surface area (Å²) >= 11 is 0. The lowest BCUT2D eigenvalue weighted by Crippen LogP contribution is -2.42. The summed E-state index contributed by atoms with van der Waals surface area (Å²) in [5.41, 5.74) is 0. The van der Waals surface area contributed by atoms with Crippen LogP contribution in [0.5, 0.6) is 0 Å². The number of nitrogens with one attached hydrogen (secondary N) is 2. The van der Waals surface area contributed by atoms with Gasteiger partial charge in [0.15, 0.2) is 5.96 Å². The lowest BCUT2D eigenvalue weighted by Gasteiger charge is -2.16. The molecule has 0 radical (unpaired) electrons. The highest BCUT2D eigenvalue weighted by Gasteiger charge is 2.11. The van der Waals surface area contributed by atoms with E-state index in [-0.39, 0.29) is 0 Å². The van der Waals surface area contributed by atoms with Crippen molar-refractivity contribution in [1.29, 1.82) is 0 Å². The van der Waals surface area contributed by atoms with Gasteiger partial charge in [-0.15, -0.1) is 0 Å². The van der Waals surface area contributed by atoms with Crippen LogP contribution >= 0.6 is 0 Å². The Balaban J connectivity index is 1.60. The molecule has 0 amide bonds. The molecule has 2 rings (SSSR count). The molecule has 1 aliphatic rings. The maximum atomic E-state index is 5.54. The molecule has 2 N–H and O–H groups in total. The molecule has 0 atom stereocenters. The summed E-state index contributed by atoms with van der Waals surface area (Å²) in [7, 11) is 0. The number of aliphatic imine (C=N–C) groups is 1. The Morgan fingerprint density at radius 2 is 2.29 bits per heavy atom. The molecule has 116 valence electrons. The van der Waals surface area contributed by atoms with Gasteiger partial charge in [0.25, 0.3) is 0 Å². The molecule has 0 saturated carbocycles. The molecular formula is C16H25N3O2. The zero-order valence-electron chi connectivity index (χ0n) is 12.7. The first-order chi connectivity index (χ1) is 10.4. The first kappa shape index (κ1) is 15.6. The van der Waals surface area contributed by atoms with E-state index in [0.29, 0.717) is 19.3 Å². The fraction of sp³-hybridized carbons (Fsp3) is 0.562. The van der Waals surface area contributed by atoms with Crippen LogP contribution < -0.4 is 10.6 Å². The van der Waals surface area contributed by atoms with Crippen LogP contribution in [0.15, 0.2) is 40.0 Å². The summed E-state index contributed by atoms with van der Waals surface area (Å²) in [5, 5.41) is 6.73. The average molecular weight is 291 g/mol. The second-order valence-corrected chi connectivity index (χ2v) is 5.03. The Bertz CT molecular complexity index is 432. The number of hydrogen-bond acceptors (Lipinski definition) is 3. The standard InChI is InChI=1S/C16H25N3O2/c1-2-17-16(19-14-7-3-4-8-14)18-10-6-11-20-13-15-9-5-12-21-15/h3-5,9,12,14H,2,6-8,10-11,13H2,1H3,(H2,17,18,19). The third-order valence-corrected chi connectivity index (χ3v) is 3.23. The third-order valence-electron chi connectivity index (χ3n) is 3.23. The molecule has 0 aliphatic heterocycles. The number of guanidine groups is 1. The van der Waals surface area contributed by atoms with Crippen LogP contribution in [-0.2, 0) is 11.3 Å². The zero-order valence-corrected chi connectivity index (χ0v) is 12.7. The van der Waals surface area contributed by atoms with Gasteiger partial charge in [-0.05, 0) is 38.3 Å². The minimum atomic E-state index is 0.484. The van der Waals surface area contributed by atoms with Gasteiger partial charge in [0.1, 0.15) is 12.4 Å². The predicted molar refractivity (Wildman–Crippen MR) is 84.3 cm³/mol. The van der Waals surface area contributed by atoms with E-state index in [1.165, 1.54) is 0 Å². The Kier molecular flexibility index (Phi) is 6.88. The van der Waals surface area contributed by atoms with Gasteiger partial charge in [-0.1, -0.05) is 12.2 Å². The molecule has 1 heterocycles. The van der Waals surface area contributed by atoms with Crippen molar-refractivity contribution in [3.8, 4) is 0 Å². The smallest absolute Gasteiger partial charge is 0.191 e. The number of rotatable bonds is 8. The molecule has 21 heavy (non-hydrogen) atoms. The molecule has 1 aliphatic carbocycles. The fourth-order valence-electron chi connectivity index (χ4n) is 2.17. The van der Waals surface area contributed by atoms with E-state index in [1.54, 1.807) is 6.26 Å². The van der Waals surface area contributed by atoms with Crippen LogP contribution in [0.1, 0.15) is 31.9 Å². The molecule has 5 heteroatoms. The maximum Gasteiger partial charge on any atom is 0.191 e. The molecule has 0 unspecified atom stereocenters. The third kappa shape index (κ3) is 6.04. The van der Waals surface area contributed by atoms with Crippen molar-refractivity contribution >= 4 is 5.96 Å². The quantitative estimate of drug-likeness (QED) is 0.334. The maximum absolute atomic E-state index is 5.54. The van der Waals surface area contributed by atoms with Gasteiger partial charge in [-0.2, -0.15) is 0 Å². The van der Waals surface area contributed by atoms with E-state index < -0.39 is 0 Å². The van der Waals surface area contributed by atoms with Crippen molar-refractivity contribution in [1.82, 2.24) is 10.6 Å². The molecule has 1 aromatic rings. The van der Waals surface area contributed by atoms with Gasteiger partial charge in [-0.3, -0.25) is 4.99 Å². The van der Waals surface area contributed by atoms with Gasteiger partial charge >= 0.3 is 0 Å². The second-order valence-electron chi connectivity index (χ2n) is 5.03. The van der Waals surface area contributed by atoms with E-state index in [9.17, 15) is 0 Å². The molecule has 5 nitrogen and oxygen atoms in total. The summed E-state index contributed by atoms with van der Waals surface area (Å²) in [5.74, 6) is 1.76. The fourth-order valence-corrected chi connectivity index (χ4v) is 2.17. The molecule has 1 aromatic heterocycles. The van der Waals surface area contributed by atoms with Crippen LogP contribution in [0.25, 0.3) is 0 Å². The van der Waals surface area contributed by atoms with Gasteiger partial charge in [-0.25, -0.2) is 0 Å². The summed E-state index contributed by atoms with van der Waals surface area (Å²) < 4.78 is 10.7. The summed E-state index contributed by atoms with van der Waals surface area (Å²) in [4.78, 5) is 4.57. The Morgan fingerprint density at radius 1 is 1.43 bits per heavy atom. The number of furan rings is 1. The highest BCUT2D eigenvalue weighted by molar-refractivity contribution is 5.80. The van der Waals surface area contributed by atoms with Crippen molar-refractivity contribution in [2.24, 2.45) is 4.99 Å². The number of nitrogens with zero attached hydrogens (tertiary/aromatic N) is 1. The molecule has 0 bridgehead atoms. The molecule has 0 saturated heterocycles. The molecular weight excluding hydrogens is 266 g/mol. The van der Waals surface area contributed by atoms with Crippen molar-refractivity contribution in [3.63, 3.8) is 0 Å². The monoisotopic (exact) mass is 291 g/mol. The number of hydrogen-bond donors (Lipinski definition) is 2. The van der Waals surface area contributed by atoms with E-state index in [1.807, 2.05) is 12.1 Å². The Morgan fingerprint density at radius 3 is 3.00 bits per heavy atom. The summed E-state index contributed by atoms with van der Waals surface area (Å²) in [6.07, 6.45) is 9.15. The topological polar surface area (TPSA) is 58.8 Å². The number of ether oxygens (including phenoxy) is 1. The van der Waals surface area contributed by atoms with Crippen LogP contribution in [0, 0.1) is 0 Å². The largest absolute Gasteiger partial charge is 0.467 e. The van der Waals surface area contributed by atoms with E-state index in [2.05, 4.69) is 34.7 Å². The van der Waals surface area contributed by atoms with Crippen LogP contribution in [-0.4, -0.2) is 31.7 Å². The van der Waals surface area contributed by atoms with Crippen LogP contribution in [0.2, 0.25) is 0 Å². The second kappa shape index (κ2) is 9.23. The molecule has 0 fully saturated rings. The van der Waals surface area contributed by atoms with Gasteiger partial charge in [0, 0.05) is 25.7 Å². The SMILES string of the molecule is CCNC(=NCCCOCc1ccco1)NC1CC=CC1. The van der Waals surface area contributed by atoms with Gasteiger partial charge < -0.3 is 19.8 Å². The lowest BCUT2D eigenvalue weighted by molar-refractivity contribution is 0.105. The van der Waals surface area contributed by atoms with Crippen molar-refractivity contribution in [3.05, 3.63) is 36.3 Å². The minimum Gasteiger partial charge on any atom is -0.467 e. The van der Waals surface area contributed by atoms with Gasteiger partial charge in [0.05, 0.1) is 6.26 Å². The lowest BCUT2D eigenvalue weighted by atomic mass is 10.2. The van der Waals surface area contributed by atoms with Crippen LogP contribution in [0.4, 0.5) is 0 Å². The highest BCUT2D eigenvalue weighted by Crippen LogP contribution is 2.08. The van der Waals surface area contributed by atoms with E-state index >= 15 is 0 Å². The Hall–Kier alpha value is -1.75. The van der Waals surface area contributed by atoms with E-state index in [4.69, 9.17) is 9.15 Å². The van der Waals surface area contributed by atoms with Crippen LogP contribution in [0.3, 0.4) is 0 Å². The van der Waals surface area contributed by atoms with Crippen molar-refractivity contribution in [2.75, 3.05) is 19.7 Å². The zero-order chi connectivity index (χ0) is 14.8. The molecule has 0 aromatic carbocycles. The highest BCUT2D eigenvalue weighted by atomic mass is 16.5.